The molecule has 0 radical (unpaired) electrons. The molecule has 0 aromatic carbocycles. The van der Waals surface area contributed by atoms with Crippen molar-refractivity contribution in [3.05, 3.63) is 42.2 Å². The highest BCUT2D eigenvalue weighted by molar-refractivity contribution is 7.18. The summed E-state index contributed by atoms with van der Waals surface area (Å²) in [6.07, 6.45) is 7.12. The second-order valence-electron chi connectivity index (χ2n) is 9.47. The number of nitriles is 1. The summed E-state index contributed by atoms with van der Waals surface area (Å²) in [5.41, 5.74) is 4.95. The SMILES string of the molecule is N#Cc1cnn2c(-c3cc(NC4CCOCC4)c(-c4nnc(N5CC6CC(C5)O6)s4)cn3)ccc2c1. The average Bonchev–Trinajstić information content (AvgIpc) is 3.56. The minimum atomic E-state index is 0.312. The summed E-state index contributed by atoms with van der Waals surface area (Å²) >= 11 is 1.60. The van der Waals surface area contributed by atoms with Gasteiger partial charge in [0.15, 0.2) is 5.01 Å². The maximum absolute atomic E-state index is 9.20. The minimum Gasteiger partial charge on any atom is -0.381 e. The Labute approximate surface area is 211 Å². The van der Waals surface area contributed by atoms with Crippen LogP contribution < -0.4 is 10.2 Å². The Morgan fingerprint density at radius 3 is 2.72 bits per heavy atom. The van der Waals surface area contributed by atoms with Gasteiger partial charge in [-0.25, -0.2) is 4.52 Å². The van der Waals surface area contributed by atoms with E-state index in [0.29, 0.717) is 23.8 Å². The highest BCUT2D eigenvalue weighted by Crippen LogP contribution is 2.38. The van der Waals surface area contributed by atoms with Gasteiger partial charge in [0, 0.05) is 50.7 Å². The normalized spacial score (nSPS) is 21.8. The van der Waals surface area contributed by atoms with Gasteiger partial charge in [-0.1, -0.05) is 11.3 Å². The predicted octanol–water partition coefficient (Wildman–Crippen LogP) is 3.35. The Hall–Kier alpha value is -3.59. The van der Waals surface area contributed by atoms with E-state index in [9.17, 15) is 5.26 Å². The van der Waals surface area contributed by atoms with Crippen LogP contribution in [0, 0.1) is 11.3 Å². The van der Waals surface area contributed by atoms with Crippen LogP contribution in [0.1, 0.15) is 24.8 Å². The van der Waals surface area contributed by atoms with Crippen LogP contribution in [0.3, 0.4) is 0 Å². The van der Waals surface area contributed by atoms with Crippen LogP contribution >= 0.6 is 11.3 Å². The topological polar surface area (TPSA) is 113 Å². The third-order valence-electron chi connectivity index (χ3n) is 7.05. The van der Waals surface area contributed by atoms with Gasteiger partial charge in [0.05, 0.1) is 46.4 Å². The molecule has 11 heteroatoms. The molecule has 36 heavy (non-hydrogen) atoms. The Balaban J connectivity index is 1.25. The molecule has 182 valence electrons. The number of nitrogens with one attached hydrogen (secondary N) is 1. The monoisotopic (exact) mass is 500 g/mol. The highest BCUT2D eigenvalue weighted by atomic mass is 32.1. The summed E-state index contributed by atoms with van der Waals surface area (Å²) in [4.78, 5) is 7.08. The first-order valence-corrected chi connectivity index (χ1v) is 13.0. The molecule has 2 unspecified atom stereocenters. The van der Waals surface area contributed by atoms with Crippen molar-refractivity contribution in [3.63, 3.8) is 0 Å². The summed E-state index contributed by atoms with van der Waals surface area (Å²) in [7, 11) is 0. The molecular weight excluding hydrogens is 476 g/mol. The molecule has 2 atom stereocenters. The van der Waals surface area contributed by atoms with Gasteiger partial charge in [-0.3, -0.25) is 4.98 Å². The van der Waals surface area contributed by atoms with Gasteiger partial charge in [0.1, 0.15) is 6.07 Å². The summed E-state index contributed by atoms with van der Waals surface area (Å²) in [5.74, 6) is 0. The lowest BCUT2D eigenvalue weighted by Crippen LogP contribution is -2.57. The molecule has 4 aliphatic rings. The van der Waals surface area contributed by atoms with Crippen LogP contribution in [0.15, 0.2) is 36.7 Å². The lowest BCUT2D eigenvalue weighted by molar-refractivity contribution is -0.133. The number of hydrogen-bond donors (Lipinski definition) is 1. The number of hydrogen-bond acceptors (Lipinski definition) is 10. The van der Waals surface area contributed by atoms with E-state index in [-0.39, 0.29) is 0 Å². The van der Waals surface area contributed by atoms with Gasteiger partial charge < -0.3 is 19.7 Å². The Morgan fingerprint density at radius 1 is 1.08 bits per heavy atom. The molecule has 0 spiro atoms. The van der Waals surface area contributed by atoms with Crippen molar-refractivity contribution < 1.29 is 9.47 Å². The molecule has 8 rings (SSSR count). The average molecular weight is 501 g/mol. The lowest BCUT2D eigenvalue weighted by Gasteiger charge is -2.46. The fourth-order valence-corrected chi connectivity index (χ4v) is 6.05. The lowest BCUT2D eigenvalue weighted by atomic mass is 9.99. The van der Waals surface area contributed by atoms with E-state index >= 15 is 0 Å². The van der Waals surface area contributed by atoms with Gasteiger partial charge in [0.25, 0.3) is 0 Å². The van der Waals surface area contributed by atoms with E-state index in [0.717, 1.165) is 83.9 Å². The number of pyridine rings is 1. The van der Waals surface area contributed by atoms with Crippen molar-refractivity contribution >= 4 is 27.7 Å². The number of morpholine rings is 1. The number of fused-ring (bicyclic) bond motifs is 3. The van der Waals surface area contributed by atoms with Crippen LogP contribution in [0.4, 0.5) is 10.8 Å². The first-order chi connectivity index (χ1) is 17.7. The van der Waals surface area contributed by atoms with Crippen LogP contribution in [0.5, 0.6) is 0 Å². The Bertz CT molecular complexity index is 1450. The molecule has 1 N–H and O–H groups in total. The number of anilines is 2. The summed E-state index contributed by atoms with van der Waals surface area (Å²) in [5, 5.41) is 28.2. The zero-order valence-electron chi connectivity index (χ0n) is 19.5. The van der Waals surface area contributed by atoms with E-state index in [1.807, 2.05) is 28.9 Å². The largest absolute Gasteiger partial charge is 0.381 e. The summed E-state index contributed by atoms with van der Waals surface area (Å²) < 4.78 is 13.2. The molecule has 4 fully saturated rings. The quantitative estimate of drug-likeness (QED) is 0.441. The first kappa shape index (κ1) is 21.7. The number of ether oxygens (including phenoxy) is 2. The Morgan fingerprint density at radius 2 is 1.92 bits per heavy atom. The van der Waals surface area contributed by atoms with Crippen molar-refractivity contribution in [2.45, 2.75) is 37.5 Å². The zero-order chi connectivity index (χ0) is 24.1. The molecule has 2 bridgehead atoms. The van der Waals surface area contributed by atoms with Crippen molar-refractivity contribution in [2.75, 3.05) is 36.5 Å². The van der Waals surface area contributed by atoms with Crippen LogP contribution in [0.2, 0.25) is 0 Å². The van der Waals surface area contributed by atoms with Crippen molar-refractivity contribution in [1.82, 2.24) is 24.8 Å². The van der Waals surface area contributed by atoms with Crippen molar-refractivity contribution in [1.29, 1.82) is 5.26 Å². The van der Waals surface area contributed by atoms with Crippen molar-refractivity contribution in [3.8, 4) is 28.0 Å². The molecule has 8 heterocycles. The van der Waals surface area contributed by atoms with E-state index in [1.165, 1.54) is 0 Å². The molecule has 0 aliphatic carbocycles. The molecule has 0 amide bonds. The van der Waals surface area contributed by atoms with Crippen LogP contribution in [-0.2, 0) is 9.47 Å². The molecular formula is C25H24N8O2S. The minimum absolute atomic E-state index is 0.312. The molecule has 4 aromatic rings. The van der Waals surface area contributed by atoms with Gasteiger partial charge in [0.2, 0.25) is 5.13 Å². The fraction of sp³-hybridized carbons (Fsp3) is 0.400. The third kappa shape index (κ3) is 3.87. The number of rotatable bonds is 5. The van der Waals surface area contributed by atoms with Crippen LogP contribution in [-0.4, -0.2) is 69.3 Å². The smallest absolute Gasteiger partial charge is 0.208 e. The Kier molecular flexibility index (Phi) is 5.31. The molecule has 4 aromatic heterocycles. The van der Waals surface area contributed by atoms with Gasteiger partial charge >= 0.3 is 0 Å². The predicted molar refractivity (Wildman–Crippen MR) is 135 cm³/mol. The van der Waals surface area contributed by atoms with Crippen molar-refractivity contribution in [2.24, 2.45) is 0 Å². The number of aromatic nitrogens is 5. The maximum atomic E-state index is 9.20. The second-order valence-corrected chi connectivity index (χ2v) is 10.4. The summed E-state index contributed by atoms with van der Waals surface area (Å²) in [6.45, 7) is 3.25. The van der Waals surface area contributed by atoms with Gasteiger partial charge in [-0.15, -0.1) is 10.2 Å². The molecule has 10 nitrogen and oxygen atoms in total. The second kappa shape index (κ2) is 8.81. The van der Waals surface area contributed by atoms with E-state index in [4.69, 9.17) is 14.5 Å². The van der Waals surface area contributed by atoms with Gasteiger partial charge in [-0.2, -0.15) is 10.4 Å². The van der Waals surface area contributed by atoms with E-state index < -0.39 is 0 Å². The molecule has 4 aliphatic heterocycles. The van der Waals surface area contributed by atoms with Gasteiger partial charge in [-0.05, 0) is 37.1 Å². The number of nitrogens with zero attached hydrogens (tertiary/aromatic N) is 7. The zero-order valence-corrected chi connectivity index (χ0v) is 20.3. The third-order valence-corrected chi connectivity index (χ3v) is 8.07. The van der Waals surface area contributed by atoms with E-state index in [1.54, 1.807) is 17.5 Å². The van der Waals surface area contributed by atoms with Crippen LogP contribution in [0.25, 0.3) is 27.5 Å². The highest BCUT2D eigenvalue weighted by Gasteiger charge is 2.39. The summed E-state index contributed by atoms with van der Waals surface area (Å²) in [6, 6.07) is 10.3. The first-order valence-electron chi connectivity index (χ1n) is 12.2. The standard InChI is InChI=1S/C25H24N8O2S/c26-10-15-7-17-1-2-23(33(17)28-11-15)22-9-21(29-16-3-5-34-6-4-16)20(12-27-22)24-30-31-25(36-24)32-13-18-8-19(14-32)35-18/h1-2,7,9,11-12,16,18-19H,3-6,8,13-14H2,(H,27,29). The molecule has 4 saturated heterocycles. The number of piperidine rings is 1. The fourth-order valence-electron chi connectivity index (χ4n) is 5.17. The van der Waals surface area contributed by atoms with E-state index in [2.05, 4.69) is 37.6 Å². The molecule has 0 saturated carbocycles. The maximum Gasteiger partial charge on any atom is 0.208 e.